The van der Waals surface area contributed by atoms with Crippen molar-refractivity contribution < 1.29 is 4.74 Å². The highest BCUT2D eigenvalue weighted by atomic mass is 16.5. The van der Waals surface area contributed by atoms with Crippen LogP contribution < -0.4 is 10.6 Å². The standard InChI is InChI=1S/C20H31N7O/c1-14(2)17(15-6-5-9-22-10-15)11-23-20(21-3)24-16-7-8-19-25-18(13-28-4)26-27(19)12-16/h5-6,9-10,14,16-17H,7-8,11-13H2,1-4H3,(H2,21,23,24). The van der Waals surface area contributed by atoms with E-state index in [1.807, 2.05) is 30.2 Å². The fourth-order valence-electron chi connectivity index (χ4n) is 3.60. The van der Waals surface area contributed by atoms with Crippen molar-refractivity contribution in [3.8, 4) is 0 Å². The van der Waals surface area contributed by atoms with Crippen LogP contribution >= 0.6 is 0 Å². The molecule has 8 nitrogen and oxygen atoms in total. The Morgan fingerprint density at radius 2 is 2.29 bits per heavy atom. The van der Waals surface area contributed by atoms with Crippen molar-refractivity contribution >= 4 is 5.96 Å². The molecule has 0 saturated carbocycles. The Hall–Kier alpha value is -2.48. The fraction of sp³-hybridized carbons (Fsp3) is 0.600. The second-order valence-corrected chi connectivity index (χ2v) is 7.53. The van der Waals surface area contributed by atoms with E-state index >= 15 is 0 Å². The van der Waals surface area contributed by atoms with Crippen molar-refractivity contribution in [2.75, 3.05) is 20.7 Å². The van der Waals surface area contributed by atoms with E-state index in [-0.39, 0.29) is 6.04 Å². The highest BCUT2D eigenvalue weighted by Crippen LogP contribution is 2.22. The second kappa shape index (κ2) is 9.64. The van der Waals surface area contributed by atoms with Crippen molar-refractivity contribution in [3.63, 3.8) is 0 Å². The number of aromatic nitrogens is 4. The minimum absolute atomic E-state index is 0.270. The molecule has 1 aliphatic rings. The minimum Gasteiger partial charge on any atom is -0.377 e. The lowest BCUT2D eigenvalue weighted by molar-refractivity contribution is 0.177. The predicted octanol–water partition coefficient (Wildman–Crippen LogP) is 1.74. The first kappa shape index (κ1) is 20.3. The first-order valence-electron chi connectivity index (χ1n) is 9.89. The maximum absolute atomic E-state index is 5.14. The molecular weight excluding hydrogens is 354 g/mol. The van der Waals surface area contributed by atoms with Crippen LogP contribution in [0.1, 0.15) is 43.4 Å². The molecule has 0 spiro atoms. The number of fused-ring (bicyclic) bond motifs is 1. The van der Waals surface area contributed by atoms with Crippen molar-refractivity contribution in [1.82, 2.24) is 30.4 Å². The lowest BCUT2D eigenvalue weighted by atomic mass is 9.89. The van der Waals surface area contributed by atoms with Gasteiger partial charge >= 0.3 is 0 Å². The van der Waals surface area contributed by atoms with Crippen molar-refractivity contribution in [2.45, 2.75) is 51.8 Å². The van der Waals surface area contributed by atoms with Gasteiger partial charge in [-0.25, -0.2) is 9.67 Å². The molecule has 152 valence electrons. The zero-order valence-electron chi connectivity index (χ0n) is 17.2. The fourth-order valence-corrected chi connectivity index (χ4v) is 3.60. The minimum atomic E-state index is 0.270. The molecule has 3 rings (SSSR count). The third kappa shape index (κ3) is 5.07. The van der Waals surface area contributed by atoms with E-state index in [0.29, 0.717) is 18.4 Å². The number of aliphatic imine (C=N–C) groups is 1. The van der Waals surface area contributed by atoms with Gasteiger partial charge in [0, 0.05) is 51.5 Å². The summed E-state index contributed by atoms with van der Waals surface area (Å²) in [6.07, 6.45) is 5.67. The van der Waals surface area contributed by atoms with Gasteiger partial charge in [-0.3, -0.25) is 9.98 Å². The Bertz CT molecular complexity index is 772. The van der Waals surface area contributed by atoms with Crippen LogP contribution in [0, 0.1) is 5.92 Å². The molecule has 0 amide bonds. The van der Waals surface area contributed by atoms with Crippen LogP contribution in [0.4, 0.5) is 0 Å². The van der Waals surface area contributed by atoms with E-state index < -0.39 is 0 Å². The average Bonchev–Trinajstić information content (AvgIpc) is 3.09. The summed E-state index contributed by atoms with van der Waals surface area (Å²) in [5.41, 5.74) is 1.25. The first-order chi connectivity index (χ1) is 13.6. The molecule has 0 fully saturated rings. The quantitative estimate of drug-likeness (QED) is 0.557. The highest BCUT2D eigenvalue weighted by Gasteiger charge is 2.23. The van der Waals surface area contributed by atoms with Crippen LogP contribution in [0.5, 0.6) is 0 Å². The van der Waals surface area contributed by atoms with Gasteiger partial charge in [-0.05, 0) is 24.0 Å². The Morgan fingerprint density at radius 1 is 1.43 bits per heavy atom. The zero-order valence-corrected chi connectivity index (χ0v) is 17.2. The van der Waals surface area contributed by atoms with E-state index in [4.69, 9.17) is 4.74 Å². The third-order valence-electron chi connectivity index (χ3n) is 5.15. The number of ether oxygens (including phenoxy) is 1. The summed E-state index contributed by atoms with van der Waals surface area (Å²) in [5, 5.41) is 11.6. The number of pyridine rings is 1. The number of guanidine groups is 1. The summed E-state index contributed by atoms with van der Waals surface area (Å²) in [6, 6.07) is 4.40. The van der Waals surface area contributed by atoms with Gasteiger partial charge in [0.25, 0.3) is 0 Å². The molecule has 1 aliphatic heterocycles. The van der Waals surface area contributed by atoms with Crippen molar-refractivity contribution in [2.24, 2.45) is 10.9 Å². The number of methoxy groups -OCH3 is 1. The largest absolute Gasteiger partial charge is 0.377 e. The molecule has 0 saturated heterocycles. The van der Waals surface area contributed by atoms with E-state index in [1.165, 1.54) is 5.56 Å². The zero-order chi connectivity index (χ0) is 19.9. The van der Waals surface area contributed by atoms with E-state index in [0.717, 1.165) is 43.5 Å². The van der Waals surface area contributed by atoms with Crippen LogP contribution in [0.25, 0.3) is 0 Å². The van der Waals surface area contributed by atoms with E-state index in [1.54, 1.807) is 7.11 Å². The number of hydrogen-bond acceptors (Lipinski definition) is 5. The smallest absolute Gasteiger partial charge is 0.191 e. The normalized spacial score (nSPS) is 18.0. The van der Waals surface area contributed by atoms with E-state index in [2.05, 4.69) is 50.6 Å². The molecule has 28 heavy (non-hydrogen) atoms. The molecule has 2 unspecified atom stereocenters. The molecular formula is C20H31N7O. The Balaban J connectivity index is 1.57. The molecule has 2 atom stereocenters. The molecule has 0 bridgehead atoms. The maximum atomic E-state index is 5.14. The molecule has 0 aliphatic carbocycles. The molecule has 3 heterocycles. The molecule has 2 aromatic rings. The summed E-state index contributed by atoms with van der Waals surface area (Å²) in [4.78, 5) is 13.2. The summed E-state index contributed by atoms with van der Waals surface area (Å²) in [6.45, 7) is 6.51. The molecule has 2 aromatic heterocycles. The van der Waals surface area contributed by atoms with Crippen molar-refractivity contribution in [3.05, 3.63) is 41.7 Å². The molecule has 8 heteroatoms. The summed E-state index contributed by atoms with van der Waals surface area (Å²) in [7, 11) is 3.47. The van der Waals surface area contributed by atoms with E-state index in [9.17, 15) is 0 Å². The summed E-state index contributed by atoms with van der Waals surface area (Å²) < 4.78 is 7.12. The second-order valence-electron chi connectivity index (χ2n) is 7.53. The van der Waals surface area contributed by atoms with Gasteiger partial charge in [0.15, 0.2) is 11.8 Å². The van der Waals surface area contributed by atoms with Crippen LogP contribution in [0.15, 0.2) is 29.5 Å². The van der Waals surface area contributed by atoms with Gasteiger partial charge in [0.05, 0.1) is 6.54 Å². The van der Waals surface area contributed by atoms with Crippen LogP contribution in [0.2, 0.25) is 0 Å². The first-order valence-corrected chi connectivity index (χ1v) is 9.89. The van der Waals surface area contributed by atoms with Crippen LogP contribution in [-0.4, -0.2) is 52.5 Å². The highest BCUT2D eigenvalue weighted by molar-refractivity contribution is 5.80. The lowest BCUT2D eigenvalue weighted by Gasteiger charge is -2.27. The SMILES string of the molecule is CN=C(NCC(c1cccnc1)C(C)C)NC1CCc2nc(COC)nn2C1. The van der Waals surface area contributed by atoms with Gasteiger partial charge in [0.2, 0.25) is 0 Å². The number of aryl methyl sites for hydroxylation is 1. The van der Waals surface area contributed by atoms with Crippen LogP contribution in [-0.2, 0) is 24.3 Å². The van der Waals surface area contributed by atoms with Gasteiger partial charge in [-0.1, -0.05) is 19.9 Å². The van der Waals surface area contributed by atoms with Gasteiger partial charge in [-0.15, -0.1) is 0 Å². The van der Waals surface area contributed by atoms with Gasteiger partial charge < -0.3 is 15.4 Å². The molecule has 2 N–H and O–H groups in total. The molecule has 0 aromatic carbocycles. The molecule has 0 radical (unpaired) electrons. The van der Waals surface area contributed by atoms with Crippen LogP contribution in [0.3, 0.4) is 0 Å². The number of nitrogens with zero attached hydrogens (tertiary/aromatic N) is 5. The monoisotopic (exact) mass is 385 g/mol. The number of hydrogen-bond donors (Lipinski definition) is 2. The number of nitrogens with one attached hydrogen (secondary N) is 2. The third-order valence-corrected chi connectivity index (χ3v) is 5.15. The van der Waals surface area contributed by atoms with Gasteiger partial charge in [-0.2, -0.15) is 5.10 Å². The average molecular weight is 386 g/mol. The lowest BCUT2D eigenvalue weighted by Crippen LogP contribution is -2.48. The topological polar surface area (TPSA) is 89.2 Å². The Morgan fingerprint density at radius 3 is 2.96 bits per heavy atom. The Labute approximate surface area is 166 Å². The summed E-state index contributed by atoms with van der Waals surface area (Å²) >= 11 is 0. The summed E-state index contributed by atoms with van der Waals surface area (Å²) in [5.74, 6) is 3.47. The van der Waals surface area contributed by atoms with Gasteiger partial charge in [0.1, 0.15) is 12.4 Å². The number of rotatable bonds is 7. The predicted molar refractivity (Wildman–Crippen MR) is 109 cm³/mol. The van der Waals surface area contributed by atoms with Crippen molar-refractivity contribution in [1.29, 1.82) is 0 Å². The maximum Gasteiger partial charge on any atom is 0.191 e. The Kier molecular flexibility index (Phi) is 6.97.